The number of H-pyrrole nitrogens is 1. The molecule has 4 nitrogen and oxygen atoms in total. The van der Waals surface area contributed by atoms with E-state index in [1.165, 1.54) is 12.1 Å². The summed E-state index contributed by atoms with van der Waals surface area (Å²) in [6.07, 6.45) is 0. The second-order valence-electron chi connectivity index (χ2n) is 3.27. The van der Waals surface area contributed by atoms with E-state index in [2.05, 4.69) is 0 Å². The van der Waals surface area contributed by atoms with Gasteiger partial charge >= 0.3 is 5.69 Å². The lowest BCUT2D eigenvalue weighted by atomic mass is 10.3. The van der Waals surface area contributed by atoms with Crippen molar-refractivity contribution in [2.75, 3.05) is 0 Å². The summed E-state index contributed by atoms with van der Waals surface area (Å²) in [6, 6.07) is 3.53. The predicted octanol–water partition coefficient (Wildman–Crippen LogP) is 2.11. The van der Waals surface area contributed by atoms with Crippen LogP contribution in [0, 0.1) is 11.6 Å². The summed E-state index contributed by atoms with van der Waals surface area (Å²) >= 11 is 11.0. The Kier molecular flexibility index (Phi) is 3.23. The Bertz CT molecular complexity index is 719. The quantitative estimate of drug-likeness (QED) is 0.819. The zero-order valence-corrected chi connectivity index (χ0v) is 10.0. The maximum absolute atomic E-state index is 13.6. The highest BCUT2D eigenvalue weighted by atomic mass is 35.5. The smallest absolute Gasteiger partial charge is 0.295 e. The van der Waals surface area contributed by atoms with Gasteiger partial charge in [0.15, 0.2) is 5.15 Å². The Balaban J connectivity index is 2.94. The molecule has 8 heteroatoms. The third-order valence-corrected chi connectivity index (χ3v) is 2.73. The molecular formula is C10H4Cl2F2N2O2. The molecule has 0 saturated heterocycles. The molecule has 18 heavy (non-hydrogen) atoms. The normalized spacial score (nSPS) is 10.7. The first kappa shape index (κ1) is 12.8. The van der Waals surface area contributed by atoms with Crippen molar-refractivity contribution in [3.8, 4) is 5.69 Å². The largest absolute Gasteiger partial charge is 0.334 e. The van der Waals surface area contributed by atoms with Gasteiger partial charge in [-0.05, 0) is 12.1 Å². The van der Waals surface area contributed by atoms with E-state index in [1.807, 2.05) is 4.98 Å². The fraction of sp³-hybridized carbons (Fsp3) is 0. The lowest BCUT2D eigenvalue weighted by Gasteiger charge is -2.08. The molecule has 0 aliphatic heterocycles. The van der Waals surface area contributed by atoms with Crippen molar-refractivity contribution in [2.24, 2.45) is 0 Å². The highest BCUT2D eigenvalue weighted by molar-refractivity contribution is 6.32. The van der Waals surface area contributed by atoms with E-state index in [0.717, 1.165) is 6.07 Å². The molecule has 1 aromatic heterocycles. The maximum Gasteiger partial charge on any atom is 0.334 e. The van der Waals surface area contributed by atoms with Crippen molar-refractivity contribution in [3.05, 3.63) is 60.8 Å². The van der Waals surface area contributed by atoms with Crippen molar-refractivity contribution >= 4 is 23.2 Å². The standard InChI is InChI=1S/C10H4Cl2F2N2O2/c11-4-2-1-3-5(13)7(4)16-9(17)6(14)8(12)15-10(16)18/h1-3H,(H,15,18). The average Bonchev–Trinajstić information content (AvgIpc) is 2.30. The zero-order chi connectivity index (χ0) is 13.4. The van der Waals surface area contributed by atoms with E-state index in [0.29, 0.717) is 0 Å². The lowest BCUT2D eigenvalue weighted by Crippen LogP contribution is -2.36. The SMILES string of the molecule is O=c1[nH]c(Cl)c(F)c(=O)n1-c1c(F)cccc1Cl. The van der Waals surface area contributed by atoms with Gasteiger partial charge in [-0.2, -0.15) is 4.39 Å². The molecule has 0 spiro atoms. The average molecular weight is 293 g/mol. The molecular weight excluding hydrogens is 289 g/mol. The molecule has 2 aromatic rings. The van der Waals surface area contributed by atoms with Crippen molar-refractivity contribution in [1.82, 2.24) is 9.55 Å². The summed E-state index contributed by atoms with van der Waals surface area (Å²) in [7, 11) is 0. The summed E-state index contributed by atoms with van der Waals surface area (Å²) in [5.41, 5.74) is -2.99. The summed E-state index contributed by atoms with van der Waals surface area (Å²) < 4.78 is 27.1. The number of aromatic nitrogens is 2. The fourth-order valence-corrected chi connectivity index (χ4v) is 1.80. The Morgan fingerprint density at radius 2 is 1.83 bits per heavy atom. The predicted molar refractivity (Wildman–Crippen MR) is 62.6 cm³/mol. The van der Waals surface area contributed by atoms with Gasteiger partial charge in [-0.25, -0.2) is 13.8 Å². The molecule has 0 aliphatic rings. The summed E-state index contributed by atoms with van der Waals surface area (Å²) in [6.45, 7) is 0. The van der Waals surface area contributed by atoms with E-state index in [1.54, 1.807) is 0 Å². The van der Waals surface area contributed by atoms with Crippen molar-refractivity contribution in [3.63, 3.8) is 0 Å². The van der Waals surface area contributed by atoms with Crippen LogP contribution < -0.4 is 11.2 Å². The molecule has 0 saturated carbocycles. The molecule has 1 N–H and O–H groups in total. The van der Waals surface area contributed by atoms with Crippen LogP contribution in [0.1, 0.15) is 0 Å². The first-order chi connectivity index (χ1) is 8.43. The number of para-hydroxylation sites is 1. The summed E-state index contributed by atoms with van der Waals surface area (Å²) in [4.78, 5) is 25.0. The Hall–Kier alpha value is -1.66. The number of halogens is 4. The van der Waals surface area contributed by atoms with Gasteiger partial charge in [0.25, 0.3) is 5.56 Å². The van der Waals surface area contributed by atoms with Crippen LogP contribution in [0.5, 0.6) is 0 Å². The van der Waals surface area contributed by atoms with Crippen LogP contribution in [0.3, 0.4) is 0 Å². The molecule has 0 amide bonds. The highest BCUT2D eigenvalue weighted by Crippen LogP contribution is 2.21. The minimum absolute atomic E-state index is 0.204. The van der Waals surface area contributed by atoms with Crippen LogP contribution in [0.25, 0.3) is 5.69 Å². The number of rotatable bonds is 1. The van der Waals surface area contributed by atoms with Crippen LogP contribution in [-0.4, -0.2) is 9.55 Å². The second-order valence-corrected chi connectivity index (χ2v) is 4.05. The van der Waals surface area contributed by atoms with Gasteiger partial charge in [0.2, 0.25) is 5.82 Å². The highest BCUT2D eigenvalue weighted by Gasteiger charge is 2.18. The van der Waals surface area contributed by atoms with Gasteiger partial charge in [0.05, 0.1) is 5.02 Å². The van der Waals surface area contributed by atoms with Crippen LogP contribution in [-0.2, 0) is 0 Å². The van der Waals surface area contributed by atoms with Crippen molar-refractivity contribution in [2.45, 2.75) is 0 Å². The maximum atomic E-state index is 13.6. The van der Waals surface area contributed by atoms with Crippen LogP contribution in [0.2, 0.25) is 10.2 Å². The second kappa shape index (κ2) is 4.55. The number of hydrogen-bond acceptors (Lipinski definition) is 2. The Morgan fingerprint density at radius 3 is 2.44 bits per heavy atom. The third-order valence-electron chi connectivity index (χ3n) is 2.16. The molecule has 0 bridgehead atoms. The van der Waals surface area contributed by atoms with Crippen LogP contribution in [0.15, 0.2) is 27.8 Å². The first-order valence-electron chi connectivity index (χ1n) is 4.58. The van der Waals surface area contributed by atoms with E-state index in [9.17, 15) is 18.4 Å². The number of benzene rings is 1. The van der Waals surface area contributed by atoms with Crippen molar-refractivity contribution in [1.29, 1.82) is 0 Å². The van der Waals surface area contributed by atoms with Gasteiger partial charge in [0, 0.05) is 0 Å². The number of hydrogen-bond donors (Lipinski definition) is 1. The third kappa shape index (κ3) is 1.93. The van der Waals surface area contributed by atoms with Gasteiger partial charge in [0.1, 0.15) is 11.5 Å². The molecule has 0 atom stereocenters. The van der Waals surface area contributed by atoms with Crippen LogP contribution >= 0.6 is 23.2 Å². The first-order valence-corrected chi connectivity index (χ1v) is 5.33. The monoisotopic (exact) mass is 292 g/mol. The minimum Gasteiger partial charge on any atom is -0.295 e. The number of aromatic amines is 1. The Morgan fingerprint density at radius 1 is 1.17 bits per heavy atom. The lowest BCUT2D eigenvalue weighted by molar-refractivity contribution is 0.572. The molecule has 0 unspecified atom stereocenters. The van der Waals surface area contributed by atoms with Gasteiger partial charge in [-0.1, -0.05) is 29.3 Å². The molecule has 2 rings (SSSR count). The fourth-order valence-electron chi connectivity index (χ4n) is 1.39. The van der Waals surface area contributed by atoms with Crippen molar-refractivity contribution < 1.29 is 8.78 Å². The molecule has 1 heterocycles. The molecule has 1 aromatic carbocycles. The Labute approximate surface area is 108 Å². The molecule has 0 aliphatic carbocycles. The topological polar surface area (TPSA) is 54.9 Å². The van der Waals surface area contributed by atoms with E-state index in [4.69, 9.17) is 23.2 Å². The van der Waals surface area contributed by atoms with Gasteiger partial charge in [-0.3, -0.25) is 9.78 Å². The van der Waals surface area contributed by atoms with E-state index < -0.39 is 33.7 Å². The zero-order valence-electron chi connectivity index (χ0n) is 8.51. The van der Waals surface area contributed by atoms with E-state index in [-0.39, 0.29) is 9.59 Å². The summed E-state index contributed by atoms with van der Waals surface area (Å²) in [5, 5.41) is -0.946. The van der Waals surface area contributed by atoms with Crippen LogP contribution in [0.4, 0.5) is 8.78 Å². The molecule has 0 fully saturated rings. The minimum atomic E-state index is -1.39. The van der Waals surface area contributed by atoms with E-state index >= 15 is 0 Å². The number of nitrogens with one attached hydrogen (secondary N) is 1. The van der Waals surface area contributed by atoms with Gasteiger partial charge < -0.3 is 0 Å². The van der Waals surface area contributed by atoms with Gasteiger partial charge in [-0.15, -0.1) is 0 Å². The number of nitrogens with zero attached hydrogens (tertiary/aromatic N) is 1. The molecule has 94 valence electrons. The molecule has 0 radical (unpaired) electrons. The summed E-state index contributed by atoms with van der Waals surface area (Å²) in [5.74, 6) is -2.33.